The highest BCUT2D eigenvalue weighted by molar-refractivity contribution is 7.89. The molecule has 96 valence electrons. The minimum absolute atomic E-state index is 0.142. The number of nitrogens with two attached hydrogens (primary N) is 1. The van der Waals surface area contributed by atoms with Gasteiger partial charge in [0.2, 0.25) is 10.0 Å². The minimum atomic E-state index is -3.49. The molecule has 0 aliphatic heterocycles. The van der Waals surface area contributed by atoms with Crippen molar-refractivity contribution in [2.45, 2.75) is 18.2 Å². The number of para-hydroxylation sites is 1. The fourth-order valence-corrected chi connectivity index (χ4v) is 2.41. The number of sulfonamides is 1. The molecule has 5 nitrogen and oxygen atoms in total. The van der Waals surface area contributed by atoms with Crippen LogP contribution in [0.25, 0.3) is 0 Å². The average Bonchev–Trinajstić information content (AvgIpc) is 2.27. The Labute approximate surface area is 103 Å². The second-order valence-electron chi connectivity index (χ2n) is 3.93. The highest BCUT2D eigenvalue weighted by Gasteiger charge is 2.21. The van der Waals surface area contributed by atoms with E-state index in [9.17, 15) is 8.42 Å². The van der Waals surface area contributed by atoms with Crippen molar-refractivity contribution in [1.29, 1.82) is 0 Å². The summed E-state index contributed by atoms with van der Waals surface area (Å²) in [6, 6.07) is 4.98. The van der Waals surface area contributed by atoms with Crippen LogP contribution in [0.3, 0.4) is 0 Å². The van der Waals surface area contributed by atoms with Gasteiger partial charge in [-0.1, -0.05) is 13.0 Å². The summed E-state index contributed by atoms with van der Waals surface area (Å²) in [4.78, 5) is 0.142. The maximum absolute atomic E-state index is 12.0. The van der Waals surface area contributed by atoms with Gasteiger partial charge in [-0.2, -0.15) is 0 Å². The summed E-state index contributed by atoms with van der Waals surface area (Å²) >= 11 is 0. The van der Waals surface area contributed by atoms with Gasteiger partial charge < -0.3 is 11.1 Å². The van der Waals surface area contributed by atoms with E-state index in [1.165, 1.54) is 20.2 Å². The molecule has 0 aromatic heterocycles. The van der Waals surface area contributed by atoms with Gasteiger partial charge in [-0.15, -0.1) is 0 Å². The molecule has 0 bridgehead atoms. The summed E-state index contributed by atoms with van der Waals surface area (Å²) in [5, 5.41) is 3.11. The van der Waals surface area contributed by atoms with Crippen molar-refractivity contribution < 1.29 is 8.42 Å². The van der Waals surface area contributed by atoms with Gasteiger partial charge in [-0.05, 0) is 18.6 Å². The number of nitrogens with zero attached hydrogens (tertiary/aromatic N) is 1. The first kappa shape index (κ1) is 13.8. The molecule has 0 fully saturated rings. The van der Waals surface area contributed by atoms with Crippen molar-refractivity contribution in [1.82, 2.24) is 4.31 Å². The molecule has 0 saturated carbocycles. The van der Waals surface area contributed by atoms with Crippen molar-refractivity contribution in [3.63, 3.8) is 0 Å². The fourth-order valence-electron chi connectivity index (χ4n) is 1.38. The molecule has 0 radical (unpaired) electrons. The number of rotatable bonds is 5. The van der Waals surface area contributed by atoms with Gasteiger partial charge in [0.05, 0.1) is 11.4 Å². The van der Waals surface area contributed by atoms with Crippen LogP contribution in [0.15, 0.2) is 23.1 Å². The molecular formula is C11H19N3O2S. The van der Waals surface area contributed by atoms with Gasteiger partial charge in [-0.25, -0.2) is 12.7 Å². The quantitative estimate of drug-likeness (QED) is 0.781. The van der Waals surface area contributed by atoms with Crippen LogP contribution in [0.2, 0.25) is 0 Å². The maximum atomic E-state index is 12.0. The minimum Gasteiger partial charge on any atom is -0.396 e. The maximum Gasteiger partial charge on any atom is 0.244 e. The highest BCUT2D eigenvalue weighted by Crippen LogP contribution is 2.27. The van der Waals surface area contributed by atoms with Gasteiger partial charge in [0.15, 0.2) is 0 Å². The third kappa shape index (κ3) is 2.89. The topological polar surface area (TPSA) is 75.4 Å². The summed E-state index contributed by atoms with van der Waals surface area (Å²) in [6.07, 6.45) is 0.949. The molecule has 1 aromatic carbocycles. The molecule has 0 aliphatic rings. The second kappa shape index (κ2) is 5.37. The summed E-state index contributed by atoms with van der Waals surface area (Å²) in [6.45, 7) is 2.79. The smallest absolute Gasteiger partial charge is 0.244 e. The summed E-state index contributed by atoms with van der Waals surface area (Å²) < 4.78 is 25.1. The van der Waals surface area contributed by atoms with Gasteiger partial charge in [0.25, 0.3) is 0 Å². The van der Waals surface area contributed by atoms with Gasteiger partial charge in [-0.3, -0.25) is 0 Å². The van der Waals surface area contributed by atoms with Crippen molar-refractivity contribution in [2.24, 2.45) is 0 Å². The van der Waals surface area contributed by atoms with Crippen molar-refractivity contribution in [3.8, 4) is 0 Å². The number of nitrogens with one attached hydrogen (secondary N) is 1. The van der Waals surface area contributed by atoms with E-state index in [4.69, 9.17) is 5.73 Å². The highest BCUT2D eigenvalue weighted by atomic mass is 32.2. The average molecular weight is 257 g/mol. The van der Waals surface area contributed by atoms with E-state index in [2.05, 4.69) is 5.32 Å². The lowest BCUT2D eigenvalue weighted by Crippen LogP contribution is -2.23. The van der Waals surface area contributed by atoms with E-state index >= 15 is 0 Å². The number of anilines is 2. The van der Waals surface area contributed by atoms with Crippen LogP contribution in [0.4, 0.5) is 11.4 Å². The number of hydrogen-bond acceptors (Lipinski definition) is 4. The molecule has 0 spiro atoms. The van der Waals surface area contributed by atoms with Crippen LogP contribution in [0, 0.1) is 0 Å². The standard InChI is InChI=1S/C11H19N3O2S/c1-4-8-13-9-6-5-7-10(11(9)12)17(15,16)14(2)3/h5-7,13H,4,8,12H2,1-3H3. The number of nitrogen functional groups attached to an aromatic ring is 1. The van der Waals surface area contributed by atoms with Crippen molar-refractivity contribution in [2.75, 3.05) is 31.7 Å². The first-order valence-corrected chi connectivity index (χ1v) is 6.90. The molecule has 6 heteroatoms. The van der Waals surface area contributed by atoms with Crippen LogP contribution < -0.4 is 11.1 Å². The van der Waals surface area contributed by atoms with Crippen molar-refractivity contribution in [3.05, 3.63) is 18.2 Å². The van der Waals surface area contributed by atoms with E-state index in [-0.39, 0.29) is 10.6 Å². The molecule has 0 heterocycles. The van der Waals surface area contributed by atoms with Crippen LogP contribution in [0.5, 0.6) is 0 Å². The fraction of sp³-hybridized carbons (Fsp3) is 0.455. The van der Waals surface area contributed by atoms with E-state index in [0.29, 0.717) is 5.69 Å². The lowest BCUT2D eigenvalue weighted by Gasteiger charge is -2.16. The van der Waals surface area contributed by atoms with E-state index in [0.717, 1.165) is 17.3 Å². The zero-order chi connectivity index (χ0) is 13.1. The normalized spacial score (nSPS) is 11.8. The summed E-state index contributed by atoms with van der Waals surface area (Å²) in [7, 11) is -0.513. The summed E-state index contributed by atoms with van der Waals surface area (Å²) in [5.74, 6) is 0. The molecule has 0 amide bonds. The zero-order valence-electron chi connectivity index (χ0n) is 10.4. The Morgan fingerprint density at radius 3 is 2.53 bits per heavy atom. The van der Waals surface area contributed by atoms with Crippen LogP contribution in [-0.4, -0.2) is 33.4 Å². The number of benzene rings is 1. The van der Waals surface area contributed by atoms with Crippen LogP contribution >= 0.6 is 0 Å². The van der Waals surface area contributed by atoms with E-state index in [1.807, 2.05) is 6.92 Å². The molecule has 0 atom stereocenters. The molecule has 1 aromatic rings. The first-order chi connectivity index (χ1) is 7.91. The molecular weight excluding hydrogens is 238 g/mol. The predicted molar refractivity (Wildman–Crippen MR) is 70.5 cm³/mol. The van der Waals surface area contributed by atoms with Crippen molar-refractivity contribution >= 4 is 21.4 Å². The molecule has 1 rings (SSSR count). The molecule has 3 N–H and O–H groups in total. The lowest BCUT2D eigenvalue weighted by molar-refractivity contribution is 0.521. The Hall–Kier alpha value is -1.27. The second-order valence-corrected chi connectivity index (χ2v) is 6.05. The Morgan fingerprint density at radius 1 is 1.35 bits per heavy atom. The van der Waals surface area contributed by atoms with E-state index in [1.54, 1.807) is 12.1 Å². The van der Waals surface area contributed by atoms with Gasteiger partial charge in [0, 0.05) is 20.6 Å². The summed E-state index contributed by atoms with van der Waals surface area (Å²) in [5.41, 5.74) is 6.81. The molecule has 0 saturated heterocycles. The SMILES string of the molecule is CCCNc1cccc(S(=O)(=O)N(C)C)c1N. The van der Waals surface area contributed by atoms with Gasteiger partial charge in [0.1, 0.15) is 4.90 Å². The van der Waals surface area contributed by atoms with Gasteiger partial charge >= 0.3 is 0 Å². The third-order valence-corrected chi connectivity index (χ3v) is 4.26. The monoisotopic (exact) mass is 257 g/mol. The Morgan fingerprint density at radius 2 is 2.00 bits per heavy atom. The third-order valence-electron chi connectivity index (χ3n) is 2.39. The number of hydrogen-bond donors (Lipinski definition) is 2. The van der Waals surface area contributed by atoms with E-state index < -0.39 is 10.0 Å². The first-order valence-electron chi connectivity index (χ1n) is 5.46. The lowest BCUT2D eigenvalue weighted by atomic mass is 10.2. The molecule has 0 aliphatic carbocycles. The Balaban J connectivity index is 3.19. The Bertz CT molecular complexity index is 483. The van der Waals surface area contributed by atoms with Crippen LogP contribution in [-0.2, 0) is 10.0 Å². The molecule has 0 unspecified atom stereocenters. The predicted octanol–water partition coefficient (Wildman–Crippen LogP) is 1.34. The Kier molecular flexibility index (Phi) is 4.36. The largest absolute Gasteiger partial charge is 0.396 e. The van der Waals surface area contributed by atoms with Crippen LogP contribution in [0.1, 0.15) is 13.3 Å². The molecule has 17 heavy (non-hydrogen) atoms. The zero-order valence-corrected chi connectivity index (χ0v) is 11.2.